The van der Waals surface area contributed by atoms with Gasteiger partial charge in [0.25, 0.3) is 0 Å². The van der Waals surface area contributed by atoms with Crippen molar-refractivity contribution in [2.24, 2.45) is 0 Å². The molecule has 0 aliphatic carbocycles. The van der Waals surface area contributed by atoms with Crippen molar-refractivity contribution < 1.29 is 9.53 Å². The van der Waals surface area contributed by atoms with Crippen LogP contribution in [0, 0.1) is 0 Å². The van der Waals surface area contributed by atoms with E-state index in [1.165, 1.54) is 11.3 Å². The first kappa shape index (κ1) is 10.6. The van der Waals surface area contributed by atoms with E-state index >= 15 is 0 Å². The minimum atomic E-state index is 0.688. The van der Waals surface area contributed by atoms with Gasteiger partial charge in [-0.15, -0.1) is 11.3 Å². The number of aromatic nitrogens is 2. The summed E-state index contributed by atoms with van der Waals surface area (Å²) in [4.78, 5) is 22.3. The lowest BCUT2D eigenvalue weighted by Gasteiger charge is -2.26. The Balaban J connectivity index is 1.97. The zero-order chi connectivity index (χ0) is 11.7. The standard InChI is InChI=1S/C11H11N3O2S/c15-7-8-5-9-10(17-8)6-12-11(13-9)14-1-3-16-4-2-14/h5-7H,1-4H2. The van der Waals surface area contributed by atoms with E-state index in [2.05, 4.69) is 14.9 Å². The Bertz CT molecular complexity index is 549. The van der Waals surface area contributed by atoms with Crippen LogP contribution in [0.3, 0.4) is 0 Å². The normalized spacial score (nSPS) is 16.4. The van der Waals surface area contributed by atoms with Crippen molar-refractivity contribution in [3.05, 3.63) is 17.1 Å². The number of ether oxygens (including phenoxy) is 1. The summed E-state index contributed by atoms with van der Waals surface area (Å²) in [6.45, 7) is 3.06. The fourth-order valence-electron chi connectivity index (χ4n) is 1.82. The number of hydrogen-bond acceptors (Lipinski definition) is 6. The van der Waals surface area contributed by atoms with Crippen LogP contribution in [0.1, 0.15) is 9.67 Å². The highest BCUT2D eigenvalue weighted by atomic mass is 32.1. The van der Waals surface area contributed by atoms with Crippen LogP contribution in [0.25, 0.3) is 10.2 Å². The molecule has 0 aromatic carbocycles. The molecule has 88 valence electrons. The summed E-state index contributed by atoms with van der Waals surface area (Å²) < 4.78 is 6.24. The Kier molecular flexibility index (Phi) is 2.74. The Morgan fingerprint density at radius 2 is 2.24 bits per heavy atom. The van der Waals surface area contributed by atoms with Gasteiger partial charge in [0.15, 0.2) is 6.29 Å². The Morgan fingerprint density at radius 1 is 1.41 bits per heavy atom. The van der Waals surface area contributed by atoms with Crippen molar-refractivity contribution in [3.63, 3.8) is 0 Å². The molecule has 0 radical (unpaired) electrons. The maximum Gasteiger partial charge on any atom is 0.226 e. The minimum absolute atomic E-state index is 0.688. The fraction of sp³-hybridized carbons (Fsp3) is 0.364. The molecule has 0 saturated carbocycles. The van der Waals surface area contributed by atoms with Crippen LogP contribution in [-0.2, 0) is 4.74 Å². The third-order valence-corrected chi connectivity index (χ3v) is 3.67. The number of rotatable bonds is 2. The van der Waals surface area contributed by atoms with Crippen molar-refractivity contribution in [3.8, 4) is 0 Å². The van der Waals surface area contributed by atoms with Gasteiger partial charge in [-0.05, 0) is 6.07 Å². The van der Waals surface area contributed by atoms with Crippen LogP contribution >= 0.6 is 11.3 Å². The van der Waals surface area contributed by atoms with Crippen LogP contribution in [0.4, 0.5) is 5.95 Å². The smallest absolute Gasteiger partial charge is 0.226 e. The molecule has 0 amide bonds. The molecular formula is C11H11N3O2S. The van der Waals surface area contributed by atoms with E-state index in [9.17, 15) is 4.79 Å². The second-order valence-electron chi connectivity index (χ2n) is 3.79. The van der Waals surface area contributed by atoms with Crippen LogP contribution in [0.5, 0.6) is 0 Å². The van der Waals surface area contributed by atoms with Gasteiger partial charge in [-0.25, -0.2) is 9.97 Å². The van der Waals surface area contributed by atoms with Crippen molar-refractivity contribution >= 4 is 33.8 Å². The highest BCUT2D eigenvalue weighted by Gasteiger charge is 2.14. The van der Waals surface area contributed by atoms with Gasteiger partial charge in [-0.2, -0.15) is 0 Å². The lowest BCUT2D eigenvalue weighted by molar-refractivity contribution is 0.112. The maximum absolute atomic E-state index is 10.7. The van der Waals surface area contributed by atoms with E-state index in [-0.39, 0.29) is 0 Å². The molecule has 0 unspecified atom stereocenters. The molecule has 17 heavy (non-hydrogen) atoms. The average molecular weight is 249 g/mol. The number of anilines is 1. The van der Waals surface area contributed by atoms with Crippen molar-refractivity contribution in [1.82, 2.24) is 9.97 Å². The summed E-state index contributed by atoms with van der Waals surface area (Å²) in [6, 6.07) is 1.80. The number of carbonyl (C=O) groups is 1. The Hall–Kier alpha value is -1.53. The zero-order valence-corrected chi connectivity index (χ0v) is 9.94. The zero-order valence-electron chi connectivity index (χ0n) is 9.13. The molecule has 2 aromatic heterocycles. The molecule has 1 aliphatic heterocycles. The molecule has 6 heteroatoms. The number of thiophene rings is 1. The van der Waals surface area contributed by atoms with E-state index in [4.69, 9.17) is 4.74 Å². The SMILES string of the molecule is O=Cc1cc2nc(N3CCOCC3)ncc2s1. The highest BCUT2D eigenvalue weighted by Crippen LogP contribution is 2.24. The number of aldehydes is 1. The summed E-state index contributed by atoms with van der Waals surface area (Å²) >= 11 is 1.42. The lowest BCUT2D eigenvalue weighted by atomic mass is 10.4. The first-order chi connectivity index (χ1) is 8.36. The van der Waals surface area contributed by atoms with Gasteiger partial charge in [-0.1, -0.05) is 0 Å². The molecule has 1 aliphatic rings. The molecule has 3 rings (SSSR count). The van der Waals surface area contributed by atoms with Gasteiger partial charge in [0.2, 0.25) is 5.95 Å². The van der Waals surface area contributed by atoms with Gasteiger partial charge < -0.3 is 9.64 Å². The number of morpholine rings is 1. The maximum atomic E-state index is 10.7. The van der Waals surface area contributed by atoms with Crippen LogP contribution in [-0.4, -0.2) is 42.6 Å². The largest absolute Gasteiger partial charge is 0.378 e. The van der Waals surface area contributed by atoms with Gasteiger partial charge in [-0.3, -0.25) is 4.79 Å². The second-order valence-corrected chi connectivity index (χ2v) is 4.90. The molecule has 0 N–H and O–H groups in total. The monoisotopic (exact) mass is 249 g/mol. The first-order valence-corrected chi connectivity index (χ1v) is 6.23. The molecular weight excluding hydrogens is 238 g/mol. The topological polar surface area (TPSA) is 55.3 Å². The van der Waals surface area contributed by atoms with Gasteiger partial charge >= 0.3 is 0 Å². The predicted molar refractivity (Wildman–Crippen MR) is 65.8 cm³/mol. The summed E-state index contributed by atoms with van der Waals surface area (Å²) in [5.74, 6) is 0.719. The van der Waals surface area contributed by atoms with Crippen molar-refractivity contribution in [1.29, 1.82) is 0 Å². The molecule has 0 bridgehead atoms. The number of hydrogen-bond donors (Lipinski definition) is 0. The molecule has 0 spiro atoms. The van der Waals surface area contributed by atoms with Crippen molar-refractivity contribution in [2.45, 2.75) is 0 Å². The summed E-state index contributed by atoms with van der Waals surface area (Å²) in [6.07, 6.45) is 2.63. The molecule has 1 fully saturated rings. The minimum Gasteiger partial charge on any atom is -0.378 e. The highest BCUT2D eigenvalue weighted by molar-refractivity contribution is 7.20. The van der Waals surface area contributed by atoms with Crippen LogP contribution in [0.15, 0.2) is 12.3 Å². The third kappa shape index (κ3) is 2.01. The average Bonchev–Trinajstić information content (AvgIpc) is 2.81. The lowest BCUT2D eigenvalue weighted by Crippen LogP contribution is -2.37. The first-order valence-electron chi connectivity index (χ1n) is 5.41. The Morgan fingerprint density at radius 3 is 3.00 bits per heavy atom. The molecule has 1 saturated heterocycles. The third-order valence-electron chi connectivity index (χ3n) is 2.69. The predicted octanol–water partition coefficient (Wildman–Crippen LogP) is 1.34. The number of carbonyl (C=O) groups excluding carboxylic acids is 1. The van der Waals surface area contributed by atoms with Crippen LogP contribution in [0.2, 0.25) is 0 Å². The van der Waals surface area contributed by atoms with E-state index in [1.54, 1.807) is 12.3 Å². The van der Waals surface area contributed by atoms with E-state index in [0.29, 0.717) is 18.1 Å². The van der Waals surface area contributed by atoms with E-state index in [1.807, 2.05) is 0 Å². The number of fused-ring (bicyclic) bond motifs is 1. The molecule has 3 heterocycles. The second kappa shape index (κ2) is 4.38. The molecule has 5 nitrogen and oxygen atoms in total. The summed E-state index contributed by atoms with van der Waals surface area (Å²) in [5, 5.41) is 0. The quantitative estimate of drug-likeness (QED) is 0.752. The van der Waals surface area contributed by atoms with Gasteiger partial charge in [0, 0.05) is 13.1 Å². The van der Waals surface area contributed by atoms with Crippen molar-refractivity contribution in [2.75, 3.05) is 31.2 Å². The van der Waals surface area contributed by atoms with Gasteiger partial charge in [0.1, 0.15) is 0 Å². The molecule has 2 aromatic rings. The van der Waals surface area contributed by atoms with E-state index < -0.39 is 0 Å². The number of nitrogens with zero attached hydrogens (tertiary/aromatic N) is 3. The summed E-state index contributed by atoms with van der Waals surface area (Å²) in [7, 11) is 0. The summed E-state index contributed by atoms with van der Waals surface area (Å²) in [5.41, 5.74) is 0.841. The van der Waals surface area contributed by atoms with E-state index in [0.717, 1.165) is 35.5 Å². The van der Waals surface area contributed by atoms with Gasteiger partial charge in [0.05, 0.1) is 34.5 Å². The molecule has 0 atom stereocenters. The van der Waals surface area contributed by atoms with Crippen LogP contribution < -0.4 is 4.90 Å². The Labute approximate surface area is 102 Å². The fourth-order valence-corrected chi connectivity index (χ4v) is 2.61.